The molecule has 4 atom stereocenters. The quantitative estimate of drug-likeness (QED) is 0.476. The Hall–Kier alpha value is -2.50. The predicted octanol–water partition coefficient (Wildman–Crippen LogP) is 4.93. The van der Waals surface area contributed by atoms with Gasteiger partial charge in [0.25, 0.3) is 0 Å². The smallest absolute Gasteiger partial charge is 0.342 e. The van der Waals surface area contributed by atoms with Crippen molar-refractivity contribution >= 4 is 11.9 Å². The van der Waals surface area contributed by atoms with Crippen molar-refractivity contribution < 1.29 is 28.5 Å². The van der Waals surface area contributed by atoms with Crippen molar-refractivity contribution in [3.63, 3.8) is 0 Å². The van der Waals surface area contributed by atoms with Gasteiger partial charge in [-0.05, 0) is 63.4 Å². The number of carbonyl (C=O) groups is 2. The molecule has 4 rings (SSSR count). The summed E-state index contributed by atoms with van der Waals surface area (Å²) >= 11 is 0. The van der Waals surface area contributed by atoms with Gasteiger partial charge in [0.05, 0.1) is 14.2 Å². The van der Waals surface area contributed by atoms with E-state index in [2.05, 4.69) is 27.4 Å². The molecule has 1 saturated carbocycles. The Morgan fingerprint density at radius 1 is 1.25 bits per heavy atom. The van der Waals surface area contributed by atoms with E-state index in [4.69, 9.17) is 18.9 Å². The summed E-state index contributed by atoms with van der Waals surface area (Å²) in [6.45, 7) is 13.1. The Labute approximate surface area is 190 Å². The third-order valence-corrected chi connectivity index (χ3v) is 8.32. The summed E-state index contributed by atoms with van der Waals surface area (Å²) in [5.74, 6) is 1.23. The second-order valence-corrected chi connectivity index (χ2v) is 10.1. The molecule has 0 amide bonds. The van der Waals surface area contributed by atoms with Crippen LogP contribution in [-0.4, -0.2) is 31.8 Å². The van der Waals surface area contributed by atoms with Crippen LogP contribution in [0.15, 0.2) is 12.2 Å². The van der Waals surface area contributed by atoms with Crippen molar-refractivity contribution in [2.75, 3.05) is 14.2 Å². The Morgan fingerprint density at radius 3 is 2.59 bits per heavy atom. The van der Waals surface area contributed by atoms with Crippen LogP contribution in [-0.2, 0) is 27.3 Å². The summed E-state index contributed by atoms with van der Waals surface area (Å²) in [6.07, 6.45) is 3.60. The number of methoxy groups -OCH3 is 2. The van der Waals surface area contributed by atoms with E-state index in [1.165, 1.54) is 7.11 Å². The average molecular weight is 443 g/mol. The van der Waals surface area contributed by atoms with Gasteiger partial charge in [-0.1, -0.05) is 19.1 Å². The zero-order chi connectivity index (χ0) is 23.4. The second-order valence-electron chi connectivity index (χ2n) is 10.1. The van der Waals surface area contributed by atoms with Gasteiger partial charge in [0.15, 0.2) is 0 Å². The minimum atomic E-state index is -0.392. The highest BCUT2D eigenvalue weighted by atomic mass is 16.5. The molecule has 1 aromatic carbocycles. The van der Waals surface area contributed by atoms with Crippen LogP contribution in [0.3, 0.4) is 0 Å². The van der Waals surface area contributed by atoms with Gasteiger partial charge in [-0.3, -0.25) is 4.79 Å². The van der Waals surface area contributed by atoms with Crippen LogP contribution in [0, 0.1) is 24.2 Å². The molecule has 4 unspecified atom stereocenters. The zero-order valence-electron chi connectivity index (χ0n) is 20.1. The number of fused-ring (bicyclic) bond motifs is 3. The van der Waals surface area contributed by atoms with Crippen molar-refractivity contribution in [3.05, 3.63) is 34.4 Å². The molecule has 174 valence electrons. The first-order valence-corrected chi connectivity index (χ1v) is 11.4. The first-order chi connectivity index (χ1) is 15.1. The molecule has 6 heteroatoms. The maximum absolute atomic E-state index is 12.5. The Morgan fingerprint density at radius 2 is 1.97 bits per heavy atom. The molecule has 0 spiro atoms. The summed E-state index contributed by atoms with van der Waals surface area (Å²) in [5, 5.41) is 0. The highest BCUT2D eigenvalue weighted by Crippen LogP contribution is 2.61. The average Bonchev–Trinajstić information content (AvgIpc) is 3.13. The lowest BCUT2D eigenvalue weighted by molar-refractivity contribution is -0.145. The summed E-state index contributed by atoms with van der Waals surface area (Å²) < 4.78 is 22.9. The van der Waals surface area contributed by atoms with E-state index in [1.807, 2.05) is 6.92 Å². The van der Waals surface area contributed by atoms with E-state index >= 15 is 0 Å². The molecule has 6 nitrogen and oxygen atoms in total. The van der Waals surface area contributed by atoms with Crippen molar-refractivity contribution in [2.24, 2.45) is 17.3 Å². The van der Waals surface area contributed by atoms with Gasteiger partial charge >= 0.3 is 11.9 Å². The van der Waals surface area contributed by atoms with Crippen LogP contribution in [0.25, 0.3) is 0 Å². The summed E-state index contributed by atoms with van der Waals surface area (Å²) in [7, 11) is 3.03. The fourth-order valence-corrected chi connectivity index (χ4v) is 6.61. The first-order valence-electron chi connectivity index (χ1n) is 11.4. The number of carbonyl (C=O) groups excluding carboxylic acids is 2. The fraction of sp³-hybridized carbons (Fsp3) is 0.615. The van der Waals surface area contributed by atoms with Gasteiger partial charge < -0.3 is 18.9 Å². The van der Waals surface area contributed by atoms with Crippen molar-refractivity contribution in [3.8, 4) is 11.5 Å². The van der Waals surface area contributed by atoms with Gasteiger partial charge in [0.1, 0.15) is 29.3 Å². The van der Waals surface area contributed by atoms with Gasteiger partial charge in [-0.15, -0.1) is 0 Å². The molecule has 32 heavy (non-hydrogen) atoms. The third kappa shape index (κ3) is 3.22. The van der Waals surface area contributed by atoms with Crippen LogP contribution in [0.4, 0.5) is 0 Å². The molecule has 1 aliphatic carbocycles. The molecular weight excluding hydrogens is 408 g/mol. The Kier molecular flexibility index (Phi) is 5.54. The standard InChI is InChI=1S/C26H34O6/c1-14(2)18-8-11-26(5)19(25(18,4)10-9-20(27)29-6)12-16-22(32-26)15(3)17-13-31-24(28)21(17)23(16)30-7/h18-19H,1,8-13H2,2-7H3. The molecule has 1 aromatic rings. The van der Waals surface area contributed by atoms with E-state index in [-0.39, 0.29) is 35.8 Å². The maximum atomic E-state index is 12.5. The molecule has 2 heterocycles. The Bertz CT molecular complexity index is 995. The van der Waals surface area contributed by atoms with Gasteiger partial charge in [0.2, 0.25) is 0 Å². The van der Waals surface area contributed by atoms with Crippen LogP contribution in [0.5, 0.6) is 11.5 Å². The SMILES string of the molecule is C=C(C)C1CCC2(C)Oc3c(C)c4c(c(OC)c3CC2C1(C)CCC(=O)OC)C(=O)OC4. The molecule has 0 aromatic heterocycles. The zero-order valence-corrected chi connectivity index (χ0v) is 20.1. The van der Waals surface area contributed by atoms with E-state index in [1.54, 1.807) is 7.11 Å². The Balaban J connectivity index is 1.85. The van der Waals surface area contributed by atoms with Crippen LogP contribution < -0.4 is 9.47 Å². The van der Waals surface area contributed by atoms with Crippen molar-refractivity contribution in [1.29, 1.82) is 0 Å². The fourth-order valence-electron chi connectivity index (χ4n) is 6.61. The first kappa shape index (κ1) is 22.7. The van der Waals surface area contributed by atoms with Crippen molar-refractivity contribution in [1.82, 2.24) is 0 Å². The summed E-state index contributed by atoms with van der Waals surface area (Å²) in [4.78, 5) is 24.6. The van der Waals surface area contributed by atoms with Gasteiger partial charge in [-0.2, -0.15) is 0 Å². The number of benzene rings is 1. The van der Waals surface area contributed by atoms with E-state index in [0.717, 1.165) is 40.9 Å². The highest BCUT2D eigenvalue weighted by Gasteiger charge is 2.57. The van der Waals surface area contributed by atoms with Crippen LogP contribution >= 0.6 is 0 Å². The number of cyclic esters (lactones) is 1. The maximum Gasteiger partial charge on any atom is 0.342 e. The van der Waals surface area contributed by atoms with E-state index < -0.39 is 5.60 Å². The molecule has 3 aliphatic rings. The lowest BCUT2D eigenvalue weighted by Gasteiger charge is -2.58. The molecule has 0 N–H and O–H groups in total. The molecule has 0 bridgehead atoms. The van der Waals surface area contributed by atoms with E-state index in [0.29, 0.717) is 30.6 Å². The predicted molar refractivity (Wildman–Crippen MR) is 120 cm³/mol. The van der Waals surface area contributed by atoms with Crippen LogP contribution in [0.2, 0.25) is 0 Å². The molecule has 0 saturated heterocycles. The number of allylic oxidation sites excluding steroid dienone is 1. The molecule has 1 fully saturated rings. The molecule has 0 radical (unpaired) electrons. The molecular formula is C26H34O6. The number of ether oxygens (including phenoxy) is 4. The van der Waals surface area contributed by atoms with Crippen LogP contribution in [0.1, 0.15) is 73.5 Å². The lowest BCUT2D eigenvalue weighted by Crippen LogP contribution is -2.58. The minimum Gasteiger partial charge on any atom is -0.495 e. The summed E-state index contributed by atoms with van der Waals surface area (Å²) in [5.41, 5.74) is 3.79. The second kappa shape index (κ2) is 7.82. The van der Waals surface area contributed by atoms with E-state index in [9.17, 15) is 9.59 Å². The normalized spacial score (nSPS) is 30.4. The summed E-state index contributed by atoms with van der Waals surface area (Å²) in [6, 6.07) is 0. The number of hydrogen-bond acceptors (Lipinski definition) is 6. The van der Waals surface area contributed by atoms with Crippen molar-refractivity contribution in [2.45, 2.75) is 72.0 Å². The topological polar surface area (TPSA) is 71.1 Å². The number of rotatable bonds is 5. The van der Waals surface area contributed by atoms with Gasteiger partial charge in [-0.25, -0.2) is 4.79 Å². The molecule has 2 aliphatic heterocycles. The largest absolute Gasteiger partial charge is 0.495 e. The number of esters is 2. The lowest BCUT2D eigenvalue weighted by atomic mass is 9.51. The van der Waals surface area contributed by atoms with Gasteiger partial charge in [0, 0.05) is 23.5 Å². The monoisotopic (exact) mass is 442 g/mol. The highest BCUT2D eigenvalue weighted by molar-refractivity contribution is 5.98. The third-order valence-electron chi connectivity index (χ3n) is 8.32. The number of hydrogen-bond donors (Lipinski definition) is 0. The minimum absolute atomic E-state index is 0.117.